The molecule has 1 saturated heterocycles. The van der Waals surface area contributed by atoms with Gasteiger partial charge in [0.1, 0.15) is 0 Å². The van der Waals surface area contributed by atoms with E-state index in [9.17, 15) is 9.59 Å². The third-order valence-electron chi connectivity index (χ3n) is 6.16. The third kappa shape index (κ3) is 4.34. The molecule has 5 nitrogen and oxygen atoms in total. The lowest BCUT2D eigenvalue weighted by molar-refractivity contribution is -0.146. The molecule has 2 aromatic rings. The van der Waals surface area contributed by atoms with E-state index >= 15 is 0 Å². The van der Waals surface area contributed by atoms with Gasteiger partial charge in [-0.05, 0) is 79.7 Å². The number of nitrogens with one attached hydrogen (secondary N) is 1. The van der Waals surface area contributed by atoms with Gasteiger partial charge in [-0.15, -0.1) is 0 Å². The van der Waals surface area contributed by atoms with Gasteiger partial charge in [-0.25, -0.2) is 0 Å². The van der Waals surface area contributed by atoms with Crippen molar-refractivity contribution in [3.05, 3.63) is 58.9 Å². The predicted octanol–water partition coefficient (Wildman–Crippen LogP) is 4.21. The second-order valence-corrected chi connectivity index (χ2v) is 8.60. The van der Waals surface area contributed by atoms with Gasteiger partial charge in [-0.3, -0.25) is 14.6 Å². The first-order valence-corrected chi connectivity index (χ1v) is 10.7. The molecule has 1 aromatic carbocycles. The average molecular weight is 392 g/mol. The molecule has 152 valence electrons. The molecule has 0 unspecified atom stereocenters. The molecule has 1 N–H and O–H groups in total. The van der Waals surface area contributed by atoms with Gasteiger partial charge in [0.05, 0.1) is 17.9 Å². The molecule has 1 aliphatic heterocycles. The Morgan fingerprint density at radius 3 is 2.66 bits per heavy atom. The molecule has 0 saturated carbocycles. The Morgan fingerprint density at radius 2 is 1.86 bits per heavy atom. The summed E-state index contributed by atoms with van der Waals surface area (Å²) in [5.41, 5.74) is 5.50. The topological polar surface area (TPSA) is 62.3 Å². The van der Waals surface area contributed by atoms with Crippen LogP contribution < -0.4 is 5.32 Å². The van der Waals surface area contributed by atoms with Crippen molar-refractivity contribution in [3.63, 3.8) is 0 Å². The second kappa shape index (κ2) is 8.36. The first-order chi connectivity index (χ1) is 14.0. The van der Waals surface area contributed by atoms with Crippen molar-refractivity contribution in [2.45, 2.75) is 58.4 Å². The highest BCUT2D eigenvalue weighted by atomic mass is 16.2. The first kappa shape index (κ1) is 19.6. The lowest BCUT2D eigenvalue weighted by Gasteiger charge is -2.39. The lowest BCUT2D eigenvalue weighted by atomic mass is 9.85. The number of hydrogen-bond acceptors (Lipinski definition) is 3. The van der Waals surface area contributed by atoms with Gasteiger partial charge in [0.2, 0.25) is 0 Å². The number of amides is 2. The zero-order valence-electron chi connectivity index (χ0n) is 17.3. The van der Waals surface area contributed by atoms with Crippen LogP contribution in [0.2, 0.25) is 0 Å². The van der Waals surface area contributed by atoms with Crippen LogP contribution in [0.5, 0.6) is 0 Å². The molecule has 2 amide bonds. The molecule has 2 aliphatic rings. The number of aryl methyl sites for hydroxylation is 3. The van der Waals surface area contributed by atoms with Gasteiger partial charge in [-0.1, -0.05) is 25.1 Å². The number of nitrogens with zero attached hydrogens (tertiary/aromatic N) is 2. The maximum absolute atomic E-state index is 13.1. The van der Waals surface area contributed by atoms with E-state index in [4.69, 9.17) is 0 Å². The third-order valence-corrected chi connectivity index (χ3v) is 6.16. The minimum atomic E-state index is -0.588. The van der Waals surface area contributed by atoms with Gasteiger partial charge in [0, 0.05) is 12.7 Å². The van der Waals surface area contributed by atoms with Gasteiger partial charge >= 0.3 is 11.8 Å². The van der Waals surface area contributed by atoms with Crippen molar-refractivity contribution < 1.29 is 9.59 Å². The summed E-state index contributed by atoms with van der Waals surface area (Å²) in [6.07, 6.45) is 9.99. The highest BCUT2D eigenvalue weighted by molar-refractivity contribution is 6.39. The quantitative estimate of drug-likeness (QED) is 0.780. The zero-order chi connectivity index (χ0) is 20.4. The molecular formula is C24H29N3O2. The summed E-state index contributed by atoms with van der Waals surface area (Å²) < 4.78 is 0. The Morgan fingerprint density at radius 1 is 1.07 bits per heavy atom. The molecule has 1 aliphatic carbocycles. The number of benzene rings is 1. The summed E-state index contributed by atoms with van der Waals surface area (Å²) in [7, 11) is 0. The van der Waals surface area contributed by atoms with Crippen LogP contribution in [0.15, 0.2) is 36.7 Å². The van der Waals surface area contributed by atoms with E-state index in [1.165, 1.54) is 24.0 Å². The van der Waals surface area contributed by atoms with Crippen LogP contribution in [-0.4, -0.2) is 28.2 Å². The van der Waals surface area contributed by atoms with Crippen LogP contribution in [-0.2, 0) is 22.4 Å². The number of carbonyl (C=O) groups excluding carboxylic acids is 2. The number of carbonyl (C=O) groups is 2. The highest BCUT2D eigenvalue weighted by Crippen LogP contribution is 2.35. The molecule has 1 aromatic heterocycles. The SMILES string of the molecule is Cc1cncc(NC(=O)C(=O)N2C[C@H](C)CC[C@H]2c2ccc3c(c2)CCCC3)c1. The number of piperidine rings is 1. The summed E-state index contributed by atoms with van der Waals surface area (Å²) in [5.74, 6) is -0.656. The standard InChI is InChI=1S/C24H29N3O2/c1-16-7-10-22(20-9-8-18-5-3-4-6-19(18)12-20)27(15-16)24(29)23(28)26-21-11-17(2)13-25-14-21/h8-9,11-14,16,22H,3-7,10,15H2,1-2H3,(H,26,28)/t16-,22+/m1/s1. The zero-order valence-corrected chi connectivity index (χ0v) is 17.3. The Balaban J connectivity index is 1.55. The van der Waals surface area contributed by atoms with E-state index in [0.717, 1.165) is 36.8 Å². The minimum Gasteiger partial charge on any atom is -0.327 e. The summed E-state index contributed by atoms with van der Waals surface area (Å²) in [5, 5.41) is 2.72. The van der Waals surface area contributed by atoms with Crippen LogP contribution in [0.3, 0.4) is 0 Å². The number of anilines is 1. The fourth-order valence-corrected chi connectivity index (χ4v) is 4.62. The van der Waals surface area contributed by atoms with Crippen molar-refractivity contribution in [3.8, 4) is 0 Å². The maximum atomic E-state index is 13.1. The average Bonchev–Trinajstić information content (AvgIpc) is 2.73. The minimum absolute atomic E-state index is 0.0349. The fourth-order valence-electron chi connectivity index (χ4n) is 4.62. The summed E-state index contributed by atoms with van der Waals surface area (Å²) >= 11 is 0. The molecule has 2 heterocycles. The fraction of sp³-hybridized carbons (Fsp3) is 0.458. The monoisotopic (exact) mass is 391 g/mol. The number of aromatic nitrogens is 1. The van der Waals surface area contributed by atoms with E-state index in [1.54, 1.807) is 17.3 Å². The smallest absolute Gasteiger partial charge is 0.313 e. The van der Waals surface area contributed by atoms with Gasteiger partial charge in [0.25, 0.3) is 0 Å². The molecule has 5 heteroatoms. The van der Waals surface area contributed by atoms with E-state index in [-0.39, 0.29) is 6.04 Å². The normalized spacial score (nSPS) is 21.4. The lowest BCUT2D eigenvalue weighted by Crippen LogP contribution is -2.46. The van der Waals surface area contributed by atoms with Crippen molar-refractivity contribution >= 4 is 17.5 Å². The van der Waals surface area contributed by atoms with Crippen LogP contribution in [0.4, 0.5) is 5.69 Å². The van der Waals surface area contributed by atoms with E-state index in [2.05, 4.69) is 35.4 Å². The number of hydrogen-bond donors (Lipinski definition) is 1. The van der Waals surface area contributed by atoms with Crippen molar-refractivity contribution in [1.29, 1.82) is 0 Å². The van der Waals surface area contributed by atoms with Crippen molar-refractivity contribution in [2.24, 2.45) is 5.92 Å². The van der Waals surface area contributed by atoms with Gasteiger partial charge in [0.15, 0.2) is 0 Å². The van der Waals surface area contributed by atoms with Crippen LogP contribution >= 0.6 is 0 Å². The van der Waals surface area contributed by atoms with Crippen LogP contribution in [0.1, 0.15) is 60.9 Å². The number of likely N-dealkylation sites (tertiary alicyclic amines) is 1. The molecule has 2 atom stereocenters. The Bertz CT molecular complexity index is 924. The molecule has 29 heavy (non-hydrogen) atoms. The maximum Gasteiger partial charge on any atom is 0.313 e. The summed E-state index contributed by atoms with van der Waals surface area (Å²) in [4.78, 5) is 31.7. The van der Waals surface area contributed by atoms with Crippen molar-refractivity contribution in [2.75, 3.05) is 11.9 Å². The molecule has 0 spiro atoms. The number of fused-ring (bicyclic) bond motifs is 1. The second-order valence-electron chi connectivity index (χ2n) is 8.60. The van der Waals surface area contributed by atoms with E-state index in [1.807, 2.05) is 13.0 Å². The summed E-state index contributed by atoms with van der Waals surface area (Å²) in [6.45, 7) is 4.66. The molecular weight excluding hydrogens is 362 g/mol. The molecule has 1 fully saturated rings. The van der Waals surface area contributed by atoms with Crippen molar-refractivity contribution in [1.82, 2.24) is 9.88 Å². The molecule has 4 rings (SSSR count). The molecule has 0 bridgehead atoms. The number of rotatable bonds is 2. The van der Waals surface area contributed by atoms with Gasteiger partial charge in [-0.2, -0.15) is 0 Å². The Kier molecular flexibility index (Phi) is 5.65. The van der Waals surface area contributed by atoms with Crippen LogP contribution in [0.25, 0.3) is 0 Å². The number of pyridine rings is 1. The first-order valence-electron chi connectivity index (χ1n) is 10.7. The summed E-state index contributed by atoms with van der Waals surface area (Å²) in [6, 6.07) is 8.44. The van der Waals surface area contributed by atoms with E-state index in [0.29, 0.717) is 18.2 Å². The Hall–Kier alpha value is -2.69. The molecule has 0 radical (unpaired) electrons. The Labute approximate surface area is 172 Å². The highest BCUT2D eigenvalue weighted by Gasteiger charge is 2.34. The van der Waals surface area contributed by atoms with E-state index < -0.39 is 11.8 Å². The van der Waals surface area contributed by atoms with Gasteiger partial charge < -0.3 is 10.2 Å². The largest absolute Gasteiger partial charge is 0.327 e. The predicted molar refractivity (Wildman–Crippen MR) is 114 cm³/mol. The van der Waals surface area contributed by atoms with Crippen LogP contribution in [0, 0.1) is 12.8 Å².